The van der Waals surface area contributed by atoms with Crippen molar-refractivity contribution in [3.63, 3.8) is 0 Å². The largest absolute Gasteiger partial charge is 0.459 e. The predicted molar refractivity (Wildman–Crippen MR) is 112 cm³/mol. The van der Waals surface area contributed by atoms with Crippen LogP contribution < -0.4 is 16.4 Å². The van der Waals surface area contributed by atoms with Gasteiger partial charge < -0.3 is 25.5 Å². The summed E-state index contributed by atoms with van der Waals surface area (Å²) in [4.78, 5) is 47.5. The van der Waals surface area contributed by atoms with Crippen molar-refractivity contribution in [3.8, 4) is 0 Å². The molecule has 0 bridgehead atoms. The van der Waals surface area contributed by atoms with Crippen molar-refractivity contribution in [2.45, 2.75) is 6.92 Å². The molecule has 3 aromatic rings. The van der Waals surface area contributed by atoms with Gasteiger partial charge in [-0.15, -0.1) is 0 Å². The first-order valence-electron chi connectivity index (χ1n) is 9.16. The predicted octanol–water partition coefficient (Wildman–Crippen LogP) is 2.73. The van der Waals surface area contributed by atoms with Crippen LogP contribution in [-0.2, 0) is 9.53 Å². The van der Waals surface area contributed by atoms with Crippen LogP contribution in [0, 0.1) is 6.92 Å². The molecule has 3 rings (SSSR count). The molecule has 0 aliphatic carbocycles. The maximum Gasteiger partial charge on any atom is 0.338 e. The fourth-order valence-corrected chi connectivity index (χ4v) is 2.60. The molecule has 158 valence electrons. The van der Waals surface area contributed by atoms with E-state index >= 15 is 0 Å². The van der Waals surface area contributed by atoms with Crippen molar-refractivity contribution in [1.29, 1.82) is 0 Å². The number of hydrogen-bond acceptors (Lipinski definition) is 6. The Morgan fingerprint density at radius 2 is 1.68 bits per heavy atom. The minimum Gasteiger partial charge on any atom is -0.459 e. The molecule has 0 atom stereocenters. The zero-order valence-electron chi connectivity index (χ0n) is 16.5. The number of benzene rings is 2. The molecule has 0 spiro atoms. The second-order valence-electron chi connectivity index (χ2n) is 6.53. The summed E-state index contributed by atoms with van der Waals surface area (Å²) in [5.74, 6) is -2.19. The standard InChI is InChI=1S/C22H19N3O6/c1-13-4-5-15(11-17(13)25-21(28)18-3-2-10-30-18)22(29)31-12-19(26)24-16-8-6-14(7-9-16)20(23)27/h2-11H,12H2,1H3,(H2,23,27)(H,24,26)(H,25,28). The van der Waals surface area contributed by atoms with E-state index in [2.05, 4.69) is 10.6 Å². The topological polar surface area (TPSA) is 141 Å². The Morgan fingerprint density at radius 3 is 2.32 bits per heavy atom. The summed E-state index contributed by atoms with van der Waals surface area (Å²) >= 11 is 0. The Bertz CT molecular complexity index is 1120. The van der Waals surface area contributed by atoms with Gasteiger partial charge in [-0.05, 0) is 61.0 Å². The summed E-state index contributed by atoms with van der Waals surface area (Å²) in [5, 5.41) is 5.21. The first-order valence-corrected chi connectivity index (χ1v) is 9.16. The van der Waals surface area contributed by atoms with Gasteiger partial charge in [-0.3, -0.25) is 14.4 Å². The smallest absolute Gasteiger partial charge is 0.338 e. The van der Waals surface area contributed by atoms with Gasteiger partial charge in [-0.25, -0.2) is 4.79 Å². The lowest BCUT2D eigenvalue weighted by molar-refractivity contribution is -0.119. The van der Waals surface area contributed by atoms with Crippen LogP contribution in [0.2, 0.25) is 0 Å². The molecule has 1 aromatic heterocycles. The molecule has 0 aliphatic heterocycles. The lowest BCUT2D eigenvalue weighted by atomic mass is 10.1. The van der Waals surface area contributed by atoms with E-state index in [-0.39, 0.29) is 11.3 Å². The fraction of sp³-hybridized carbons (Fsp3) is 0.0909. The monoisotopic (exact) mass is 421 g/mol. The zero-order valence-corrected chi connectivity index (χ0v) is 16.5. The highest BCUT2D eigenvalue weighted by molar-refractivity contribution is 6.03. The molecule has 9 nitrogen and oxygen atoms in total. The normalized spacial score (nSPS) is 10.2. The van der Waals surface area contributed by atoms with Crippen molar-refractivity contribution in [1.82, 2.24) is 0 Å². The Morgan fingerprint density at radius 1 is 0.968 bits per heavy atom. The van der Waals surface area contributed by atoms with E-state index in [0.29, 0.717) is 16.9 Å². The molecule has 1 heterocycles. The summed E-state index contributed by atoms with van der Waals surface area (Å²) in [6.45, 7) is 1.25. The quantitative estimate of drug-likeness (QED) is 0.501. The average Bonchev–Trinajstić information content (AvgIpc) is 3.29. The van der Waals surface area contributed by atoms with E-state index < -0.39 is 30.3 Å². The molecule has 9 heteroatoms. The van der Waals surface area contributed by atoms with Crippen LogP contribution in [0.3, 0.4) is 0 Å². The summed E-state index contributed by atoms with van der Waals surface area (Å²) in [5.41, 5.74) is 7.19. The number of carbonyl (C=O) groups is 4. The summed E-state index contributed by atoms with van der Waals surface area (Å²) in [6.07, 6.45) is 1.38. The first kappa shape index (κ1) is 21.3. The number of aryl methyl sites for hydroxylation is 1. The van der Waals surface area contributed by atoms with E-state index in [1.807, 2.05) is 0 Å². The third kappa shape index (κ3) is 5.57. The highest BCUT2D eigenvalue weighted by atomic mass is 16.5. The summed E-state index contributed by atoms with van der Waals surface area (Å²) in [6, 6.07) is 13.7. The summed E-state index contributed by atoms with van der Waals surface area (Å²) in [7, 11) is 0. The van der Waals surface area contributed by atoms with Gasteiger partial charge in [0.25, 0.3) is 11.8 Å². The number of ether oxygens (including phenoxy) is 1. The first-order chi connectivity index (χ1) is 14.8. The van der Waals surface area contributed by atoms with Crippen molar-refractivity contribution in [2.24, 2.45) is 5.73 Å². The molecule has 4 N–H and O–H groups in total. The molecule has 2 aromatic carbocycles. The Kier molecular flexibility index (Phi) is 6.46. The molecule has 0 radical (unpaired) electrons. The number of carbonyl (C=O) groups excluding carboxylic acids is 4. The van der Waals surface area contributed by atoms with Crippen LogP contribution in [0.15, 0.2) is 65.3 Å². The van der Waals surface area contributed by atoms with Gasteiger partial charge >= 0.3 is 5.97 Å². The number of primary amides is 1. The number of anilines is 2. The van der Waals surface area contributed by atoms with E-state index in [1.165, 1.54) is 48.7 Å². The van der Waals surface area contributed by atoms with Gasteiger partial charge in [0.15, 0.2) is 12.4 Å². The SMILES string of the molecule is Cc1ccc(C(=O)OCC(=O)Nc2ccc(C(N)=O)cc2)cc1NC(=O)c1ccco1. The number of nitrogens with two attached hydrogens (primary N) is 1. The van der Waals surface area contributed by atoms with Crippen LogP contribution >= 0.6 is 0 Å². The third-order valence-electron chi connectivity index (χ3n) is 4.25. The third-order valence-corrected chi connectivity index (χ3v) is 4.25. The Hall–Kier alpha value is -4.40. The molecule has 3 amide bonds. The van der Waals surface area contributed by atoms with Gasteiger partial charge in [-0.2, -0.15) is 0 Å². The Balaban J connectivity index is 1.58. The van der Waals surface area contributed by atoms with Crippen LogP contribution in [-0.4, -0.2) is 30.3 Å². The van der Waals surface area contributed by atoms with Gasteiger partial charge in [0.1, 0.15) is 0 Å². The van der Waals surface area contributed by atoms with Crippen LogP contribution in [0.1, 0.15) is 36.8 Å². The lowest BCUT2D eigenvalue weighted by Gasteiger charge is -2.10. The van der Waals surface area contributed by atoms with Crippen LogP contribution in [0.25, 0.3) is 0 Å². The van der Waals surface area contributed by atoms with Gasteiger partial charge in [-0.1, -0.05) is 6.07 Å². The van der Waals surface area contributed by atoms with Crippen LogP contribution in [0.4, 0.5) is 11.4 Å². The number of hydrogen-bond donors (Lipinski definition) is 3. The number of furan rings is 1. The Labute approximate surface area is 177 Å². The van der Waals surface area contributed by atoms with E-state index in [1.54, 1.807) is 19.1 Å². The summed E-state index contributed by atoms with van der Waals surface area (Å²) < 4.78 is 10.1. The van der Waals surface area contributed by atoms with E-state index in [4.69, 9.17) is 14.9 Å². The molecule has 31 heavy (non-hydrogen) atoms. The molecule has 0 fully saturated rings. The number of esters is 1. The van der Waals surface area contributed by atoms with Gasteiger partial charge in [0, 0.05) is 16.9 Å². The maximum atomic E-state index is 12.3. The van der Waals surface area contributed by atoms with Crippen molar-refractivity contribution in [3.05, 3.63) is 83.3 Å². The van der Waals surface area contributed by atoms with Gasteiger partial charge in [0.2, 0.25) is 5.91 Å². The second-order valence-corrected chi connectivity index (χ2v) is 6.53. The van der Waals surface area contributed by atoms with E-state index in [0.717, 1.165) is 5.56 Å². The fourth-order valence-electron chi connectivity index (χ4n) is 2.60. The zero-order chi connectivity index (χ0) is 22.4. The molecule has 0 unspecified atom stereocenters. The highest BCUT2D eigenvalue weighted by Gasteiger charge is 2.15. The molecule has 0 aliphatic rings. The van der Waals surface area contributed by atoms with Crippen molar-refractivity contribution < 1.29 is 28.3 Å². The molecule has 0 saturated heterocycles. The molecular weight excluding hydrogens is 402 g/mol. The second kappa shape index (κ2) is 9.40. The van der Waals surface area contributed by atoms with Gasteiger partial charge in [0.05, 0.1) is 11.8 Å². The maximum absolute atomic E-state index is 12.3. The highest BCUT2D eigenvalue weighted by Crippen LogP contribution is 2.19. The average molecular weight is 421 g/mol. The molecule has 0 saturated carbocycles. The lowest BCUT2D eigenvalue weighted by Crippen LogP contribution is -2.21. The van der Waals surface area contributed by atoms with Crippen molar-refractivity contribution >= 4 is 35.1 Å². The number of amides is 3. The minimum atomic E-state index is -0.729. The number of nitrogens with one attached hydrogen (secondary N) is 2. The number of rotatable bonds is 7. The van der Waals surface area contributed by atoms with Crippen LogP contribution in [0.5, 0.6) is 0 Å². The minimum absolute atomic E-state index is 0.132. The van der Waals surface area contributed by atoms with Crippen molar-refractivity contribution in [2.75, 3.05) is 17.2 Å². The van der Waals surface area contributed by atoms with E-state index in [9.17, 15) is 19.2 Å². The molecular formula is C22H19N3O6.